The average Bonchev–Trinajstić information content (AvgIpc) is 1.86. The quantitative estimate of drug-likeness (QED) is 0.638. The first kappa shape index (κ1) is 12.0. The Bertz CT molecular complexity index is 137. The normalized spacial score (nSPS) is 31.0. The molecular weight excluding hydrogens is 191 g/mol. The van der Waals surface area contributed by atoms with Crippen molar-refractivity contribution in [2.45, 2.75) is 44.4 Å². The molecule has 1 N–H and O–H groups in total. The SMILES string of the molecule is CC1CCCC(C(F)(F)F)N1.Cl. The molecule has 0 aromatic carbocycles. The van der Waals surface area contributed by atoms with Gasteiger partial charge in [0.2, 0.25) is 0 Å². The van der Waals surface area contributed by atoms with E-state index in [0.29, 0.717) is 6.42 Å². The third kappa shape index (κ3) is 3.19. The van der Waals surface area contributed by atoms with Gasteiger partial charge in [0.1, 0.15) is 6.04 Å². The Hall–Kier alpha value is 0.0400. The van der Waals surface area contributed by atoms with Crippen LogP contribution in [0.5, 0.6) is 0 Å². The first-order valence-corrected chi connectivity index (χ1v) is 3.83. The van der Waals surface area contributed by atoms with Crippen molar-refractivity contribution in [2.75, 3.05) is 0 Å². The van der Waals surface area contributed by atoms with Crippen LogP contribution in [0, 0.1) is 0 Å². The lowest BCUT2D eigenvalue weighted by Gasteiger charge is -2.30. The number of halogens is 4. The molecule has 2 atom stereocenters. The van der Waals surface area contributed by atoms with Crippen LogP contribution in [-0.2, 0) is 0 Å². The first-order valence-electron chi connectivity index (χ1n) is 3.83. The summed E-state index contributed by atoms with van der Waals surface area (Å²) in [5.74, 6) is 0. The van der Waals surface area contributed by atoms with Gasteiger partial charge in [-0.05, 0) is 19.8 Å². The molecule has 1 fully saturated rings. The van der Waals surface area contributed by atoms with Crippen molar-refractivity contribution < 1.29 is 13.2 Å². The summed E-state index contributed by atoms with van der Waals surface area (Å²) in [7, 11) is 0. The molecule has 0 aromatic heterocycles. The Morgan fingerprint density at radius 2 is 1.83 bits per heavy atom. The fraction of sp³-hybridized carbons (Fsp3) is 1.00. The van der Waals surface area contributed by atoms with Crippen LogP contribution < -0.4 is 5.32 Å². The van der Waals surface area contributed by atoms with Gasteiger partial charge in [-0.25, -0.2) is 0 Å². The zero-order chi connectivity index (χ0) is 8.48. The summed E-state index contributed by atoms with van der Waals surface area (Å²) in [6, 6.07) is -1.26. The zero-order valence-corrected chi connectivity index (χ0v) is 7.63. The lowest BCUT2D eigenvalue weighted by atomic mass is 9.99. The van der Waals surface area contributed by atoms with Gasteiger partial charge in [-0.3, -0.25) is 0 Å². The van der Waals surface area contributed by atoms with E-state index in [1.807, 2.05) is 0 Å². The summed E-state index contributed by atoms with van der Waals surface area (Å²) in [5, 5.41) is 2.53. The molecule has 1 aliphatic rings. The summed E-state index contributed by atoms with van der Waals surface area (Å²) in [4.78, 5) is 0. The van der Waals surface area contributed by atoms with E-state index in [-0.39, 0.29) is 24.9 Å². The van der Waals surface area contributed by atoms with Gasteiger partial charge in [-0.2, -0.15) is 13.2 Å². The molecule has 1 heterocycles. The van der Waals surface area contributed by atoms with Crippen LogP contribution in [0.2, 0.25) is 0 Å². The predicted molar refractivity (Wildman–Crippen MR) is 43.5 cm³/mol. The van der Waals surface area contributed by atoms with Crippen molar-refractivity contribution in [3.05, 3.63) is 0 Å². The highest BCUT2D eigenvalue weighted by molar-refractivity contribution is 5.85. The Labute approximate surface area is 76.1 Å². The average molecular weight is 204 g/mol. The monoisotopic (exact) mass is 203 g/mol. The van der Waals surface area contributed by atoms with Crippen molar-refractivity contribution in [3.8, 4) is 0 Å². The van der Waals surface area contributed by atoms with Gasteiger partial charge >= 0.3 is 6.18 Å². The number of nitrogens with one attached hydrogen (secondary N) is 1. The highest BCUT2D eigenvalue weighted by Gasteiger charge is 2.41. The molecule has 0 aliphatic carbocycles. The second-order valence-corrected chi connectivity index (χ2v) is 3.09. The number of hydrogen-bond donors (Lipinski definition) is 1. The van der Waals surface area contributed by atoms with Gasteiger partial charge < -0.3 is 5.32 Å². The lowest BCUT2D eigenvalue weighted by Crippen LogP contribution is -2.49. The van der Waals surface area contributed by atoms with Gasteiger partial charge in [0.15, 0.2) is 0 Å². The van der Waals surface area contributed by atoms with Gasteiger partial charge in [-0.15, -0.1) is 12.4 Å². The van der Waals surface area contributed by atoms with Crippen molar-refractivity contribution in [1.82, 2.24) is 5.32 Å². The summed E-state index contributed by atoms with van der Waals surface area (Å²) in [5.41, 5.74) is 0. The molecule has 1 saturated heterocycles. The maximum atomic E-state index is 12.1. The van der Waals surface area contributed by atoms with E-state index in [4.69, 9.17) is 0 Å². The van der Waals surface area contributed by atoms with E-state index in [0.717, 1.165) is 6.42 Å². The van der Waals surface area contributed by atoms with E-state index in [1.54, 1.807) is 6.92 Å². The minimum atomic E-state index is -4.06. The molecule has 1 nitrogen and oxygen atoms in total. The van der Waals surface area contributed by atoms with E-state index < -0.39 is 12.2 Å². The summed E-state index contributed by atoms with van der Waals surface area (Å²) in [6.45, 7) is 1.79. The molecular formula is C7H13ClF3N. The predicted octanol–water partition coefficient (Wildman–Crippen LogP) is 2.50. The molecule has 12 heavy (non-hydrogen) atoms. The number of alkyl halides is 3. The van der Waals surface area contributed by atoms with Crippen LogP contribution in [0.3, 0.4) is 0 Å². The highest BCUT2D eigenvalue weighted by Crippen LogP contribution is 2.27. The van der Waals surface area contributed by atoms with Crippen molar-refractivity contribution >= 4 is 12.4 Å². The summed E-state index contributed by atoms with van der Waals surface area (Å²) in [6.07, 6.45) is -2.30. The Kier molecular flexibility index (Phi) is 4.34. The van der Waals surface area contributed by atoms with Gasteiger partial charge in [-0.1, -0.05) is 6.42 Å². The Morgan fingerprint density at radius 1 is 1.25 bits per heavy atom. The first-order chi connectivity index (χ1) is 5.00. The molecule has 0 amide bonds. The van der Waals surface area contributed by atoms with Crippen molar-refractivity contribution in [3.63, 3.8) is 0 Å². The molecule has 2 unspecified atom stereocenters. The summed E-state index contributed by atoms with van der Waals surface area (Å²) < 4.78 is 36.2. The molecule has 0 bridgehead atoms. The molecule has 1 aliphatic heterocycles. The summed E-state index contributed by atoms with van der Waals surface area (Å²) >= 11 is 0. The molecule has 74 valence electrons. The fourth-order valence-corrected chi connectivity index (χ4v) is 1.40. The third-order valence-corrected chi connectivity index (χ3v) is 2.01. The molecule has 1 rings (SSSR count). The second-order valence-electron chi connectivity index (χ2n) is 3.09. The maximum absolute atomic E-state index is 12.1. The molecule has 5 heteroatoms. The minimum absolute atomic E-state index is 0. The standard InChI is InChI=1S/C7H12F3N.ClH/c1-5-3-2-4-6(11-5)7(8,9)10;/h5-6,11H,2-4H2,1H3;1H. The Morgan fingerprint density at radius 3 is 2.17 bits per heavy atom. The van der Waals surface area contributed by atoms with Crippen LogP contribution >= 0.6 is 12.4 Å². The van der Waals surface area contributed by atoms with E-state index >= 15 is 0 Å². The van der Waals surface area contributed by atoms with Crippen LogP contribution in [-0.4, -0.2) is 18.3 Å². The fourth-order valence-electron chi connectivity index (χ4n) is 1.40. The van der Waals surface area contributed by atoms with Crippen LogP contribution in [0.1, 0.15) is 26.2 Å². The molecule has 0 saturated carbocycles. The van der Waals surface area contributed by atoms with Gasteiger partial charge in [0, 0.05) is 6.04 Å². The van der Waals surface area contributed by atoms with E-state index in [2.05, 4.69) is 5.32 Å². The minimum Gasteiger partial charge on any atom is -0.304 e. The third-order valence-electron chi connectivity index (χ3n) is 2.01. The second kappa shape index (κ2) is 4.33. The number of piperidine rings is 1. The number of hydrogen-bond acceptors (Lipinski definition) is 1. The zero-order valence-electron chi connectivity index (χ0n) is 6.82. The molecule has 0 radical (unpaired) electrons. The van der Waals surface area contributed by atoms with Crippen molar-refractivity contribution in [1.29, 1.82) is 0 Å². The van der Waals surface area contributed by atoms with Crippen LogP contribution in [0.25, 0.3) is 0 Å². The number of rotatable bonds is 0. The highest BCUT2D eigenvalue weighted by atomic mass is 35.5. The van der Waals surface area contributed by atoms with E-state index in [9.17, 15) is 13.2 Å². The topological polar surface area (TPSA) is 12.0 Å². The van der Waals surface area contributed by atoms with Gasteiger partial charge in [0.05, 0.1) is 0 Å². The lowest BCUT2D eigenvalue weighted by molar-refractivity contribution is -0.162. The maximum Gasteiger partial charge on any atom is 0.403 e. The van der Waals surface area contributed by atoms with Crippen LogP contribution in [0.4, 0.5) is 13.2 Å². The van der Waals surface area contributed by atoms with Crippen LogP contribution in [0.15, 0.2) is 0 Å². The van der Waals surface area contributed by atoms with Crippen molar-refractivity contribution in [2.24, 2.45) is 0 Å². The smallest absolute Gasteiger partial charge is 0.304 e. The van der Waals surface area contributed by atoms with Gasteiger partial charge in [0.25, 0.3) is 0 Å². The molecule has 0 aromatic rings. The van der Waals surface area contributed by atoms with E-state index in [1.165, 1.54) is 0 Å². The largest absolute Gasteiger partial charge is 0.403 e. The Balaban J connectivity index is 0.00000121. The molecule has 0 spiro atoms.